The van der Waals surface area contributed by atoms with Gasteiger partial charge in [-0.25, -0.2) is 4.79 Å². The first-order chi connectivity index (χ1) is 9.99. The van der Waals surface area contributed by atoms with Crippen molar-refractivity contribution < 1.29 is 19.4 Å². The molecule has 1 aromatic carbocycles. The number of carboxylic acid groups (broad SMARTS) is 1. The molecule has 4 heteroatoms. The van der Waals surface area contributed by atoms with E-state index in [0.717, 1.165) is 18.4 Å². The SMILES string of the molecule is COc1ccc(C(=O)O)cc1COC1CC(C)CC(C)C1. The highest BCUT2D eigenvalue weighted by molar-refractivity contribution is 5.88. The number of aromatic carboxylic acids is 1. The molecule has 1 saturated carbocycles. The summed E-state index contributed by atoms with van der Waals surface area (Å²) < 4.78 is 11.3. The number of carbonyl (C=O) groups is 1. The zero-order chi connectivity index (χ0) is 15.4. The lowest BCUT2D eigenvalue weighted by atomic mass is 9.82. The van der Waals surface area contributed by atoms with E-state index < -0.39 is 5.97 Å². The zero-order valence-corrected chi connectivity index (χ0v) is 13.0. The summed E-state index contributed by atoms with van der Waals surface area (Å²) >= 11 is 0. The van der Waals surface area contributed by atoms with E-state index in [2.05, 4.69) is 13.8 Å². The molecule has 0 amide bonds. The monoisotopic (exact) mass is 292 g/mol. The minimum Gasteiger partial charge on any atom is -0.496 e. The lowest BCUT2D eigenvalue weighted by Crippen LogP contribution is -2.26. The highest BCUT2D eigenvalue weighted by Crippen LogP contribution is 2.31. The summed E-state index contributed by atoms with van der Waals surface area (Å²) in [6, 6.07) is 4.88. The third-order valence-electron chi connectivity index (χ3n) is 4.14. The van der Waals surface area contributed by atoms with E-state index in [1.165, 1.54) is 6.42 Å². The molecule has 0 radical (unpaired) electrons. The molecule has 21 heavy (non-hydrogen) atoms. The normalized spacial score (nSPS) is 25.6. The third kappa shape index (κ3) is 4.21. The number of benzene rings is 1. The van der Waals surface area contributed by atoms with Gasteiger partial charge in [0.25, 0.3) is 0 Å². The number of hydrogen-bond acceptors (Lipinski definition) is 3. The molecule has 0 aliphatic heterocycles. The van der Waals surface area contributed by atoms with Crippen LogP contribution < -0.4 is 4.74 Å². The van der Waals surface area contributed by atoms with Crippen molar-refractivity contribution in [2.45, 2.75) is 45.8 Å². The summed E-state index contributed by atoms with van der Waals surface area (Å²) in [6.07, 6.45) is 3.66. The Kier molecular flexibility index (Phi) is 5.23. The standard InChI is InChI=1S/C17H24O4/c1-11-6-12(2)8-15(7-11)21-10-14-9-13(17(18)19)4-5-16(14)20-3/h4-5,9,11-12,15H,6-8,10H2,1-3H3,(H,18,19). The van der Waals surface area contributed by atoms with Crippen molar-refractivity contribution in [3.05, 3.63) is 29.3 Å². The Morgan fingerprint density at radius 2 is 1.90 bits per heavy atom. The van der Waals surface area contributed by atoms with Crippen LogP contribution in [0.25, 0.3) is 0 Å². The van der Waals surface area contributed by atoms with Gasteiger partial charge in [-0.15, -0.1) is 0 Å². The van der Waals surface area contributed by atoms with Crippen LogP contribution in [0.2, 0.25) is 0 Å². The van der Waals surface area contributed by atoms with Crippen LogP contribution in [0.5, 0.6) is 5.75 Å². The fourth-order valence-electron chi connectivity index (χ4n) is 3.24. The highest BCUT2D eigenvalue weighted by Gasteiger charge is 2.24. The second-order valence-electron chi connectivity index (χ2n) is 6.18. The van der Waals surface area contributed by atoms with Crippen molar-refractivity contribution in [2.75, 3.05) is 7.11 Å². The first-order valence-electron chi connectivity index (χ1n) is 7.51. The number of carboxylic acids is 1. The Bertz CT molecular complexity index is 488. The van der Waals surface area contributed by atoms with Crippen LogP contribution in [0.3, 0.4) is 0 Å². The van der Waals surface area contributed by atoms with Crippen LogP contribution >= 0.6 is 0 Å². The second kappa shape index (κ2) is 6.94. The lowest BCUT2D eigenvalue weighted by Gasteiger charge is -2.31. The molecule has 1 aliphatic rings. The van der Waals surface area contributed by atoms with Gasteiger partial charge >= 0.3 is 5.97 Å². The summed E-state index contributed by atoms with van der Waals surface area (Å²) in [5.74, 6) is 1.12. The fraction of sp³-hybridized carbons (Fsp3) is 0.588. The molecule has 2 unspecified atom stereocenters. The van der Waals surface area contributed by atoms with E-state index >= 15 is 0 Å². The molecule has 0 heterocycles. The fourth-order valence-corrected chi connectivity index (χ4v) is 3.24. The maximum atomic E-state index is 11.1. The molecule has 2 rings (SSSR count). The van der Waals surface area contributed by atoms with Crippen molar-refractivity contribution in [3.8, 4) is 5.75 Å². The van der Waals surface area contributed by atoms with Gasteiger partial charge in [0.2, 0.25) is 0 Å². The predicted molar refractivity (Wildman–Crippen MR) is 80.7 cm³/mol. The Labute approximate surface area is 126 Å². The second-order valence-corrected chi connectivity index (χ2v) is 6.18. The van der Waals surface area contributed by atoms with Gasteiger partial charge in [-0.3, -0.25) is 0 Å². The summed E-state index contributed by atoms with van der Waals surface area (Å²) in [4.78, 5) is 11.1. The number of hydrogen-bond donors (Lipinski definition) is 1. The van der Waals surface area contributed by atoms with Crippen molar-refractivity contribution in [2.24, 2.45) is 11.8 Å². The minimum absolute atomic E-state index is 0.252. The molecular formula is C17H24O4. The van der Waals surface area contributed by atoms with E-state index in [1.54, 1.807) is 25.3 Å². The zero-order valence-electron chi connectivity index (χ0n) is 13.0. The summed E-state index contributed by atoms with van der Waals surface area (Å²) in [6.45, 7) is 4.92. The molecule has 0 saturated heterocycles. The molecule has 0 bridgehead atoms. The molecule has 1 aromatic rings. The van der Waals surface area contributed by atoms with Crippen LogP contribution in [-0.2, 0) is 11.3 Å². The summed E-state index contributed by atoms with van der Waals surface area (Å²) in [5.41, 5.74) is 1.06. The van der Waals surface area contributed by atoms with Crippen molar-refractivity contribution >= 4 is 5.97 Å². The van der Waals surface area contributed by atoms with Gasteiger partial charge in [0, 0.05) is 5.56 Å². The van der Waals surface area contributed by atoms with Gasteiger partial charge in [-0.2, -0.15) is 0 Å². The van der Waals surface area contributed by atoms with E-state index in [1.807, 2.05) is 0 Å². The minimum atomic E-state index is -0.932. The van der Waals surface area contributed by atoms with Crippen molar-refractivity contribution in [1.82, 2.24) is 0 Å². The number of rotatable bonds is 5. The molecule has 1 aliphatic carbocycles. The van der Waals surface area contributed by atoms with Gasteiger partial charge in [0.05, 0.1) is 25.4 Å². The quantitative estimate of drug-likeness (QED) is 0.898. The Hall–Kier alpha value is -1.55. The lowest BCUT2D eigenvalue weighted by molar-refractivity contribution is -0.00978. The van der Waals surface area contributed by atoms with Gasteiger partial charge in [-0.1, -0.05) is 13.8 Å². The summed E-state index contributed by atoms with van der Waals surface area (Å²) in [7, 11) is 1.59. The highest BCUT2D eigenvalue weighted by atomic mass is 16.5. The average molecular weight is 292 g/mol. The van der Waals surface area contributed by atoms with Crippen molar-refractivity contribution in [1.29, 1.82) is 0 Å². The molecule has 2 atom stereocenters. The van der Waals surface area contributed by atoms with Crippen LogP contribution in [-0.4, -0.2) is 24.3 Å². The Morgan fingerprint density at radius 3 is 2.48 bits per heavy atom. The van der Waals surface area contributed by atoms with Gasteiger partial charge in [0.1, 0.15) is 5.75 Å². The number of ether oxygens (including phenoxy) is 2. The summed E-state index contributed by atoms with van der Waals surface area (Å²) in [5, 5.41) is 9.08. The van der Waals surface area contributed by atoms with E-state index in [9.17, 15) is 4.79 Å². The van der Waals surface area contributed by atoms with E-state index in [-0.39, 0.29) is 11.7 Å². The van der Waals surface area contributed by atoms with E-state index in [0.29, 0.717) is 24.2 Å². The van der Waals surface area contributed by atoms with Crippen LogP contribution in [0.15, 0.2) is 18.2 Å². The molecule has 0 aromatic heterocycles. The molecule has 1 fully saturated rings. The Balaban J connectivity index is 2.04. The smallest absolute Gasteiger partial charge is 0.335 e. The number of methoxy groups -OCH3 is 1. The first kappa shape index (κ1) is 15.8. The maximum absolute atomic E-state index is 11.1. The van der Waals surface area contributed by atoms with Crippen LogP contribution in [0.4, 0.5) is 0 Å². The first-order valence-corrected chi connectivity index (χ1v) is 7.51. The molecule has 0 spiro atoms. The van der Waals surface area contributed by atoms with Crippen LogP contribution in [0, 0.1) is 11.8 Å². The Morgan fingerprint density at radius 1 is 1.24 bits per heavy atom. The van der Waals surface area contributed by atoms with Crippen molar-refractivity contribution in [3.63, 3.8) is 0 Å². The van der Waals surface area contributed by atoms with Crippen LogP contribution in [0.1, 0.15) is 49.0 Å². The maximum Gasteiger partial charge on any atom is 0.335 e. The van der Waals surface area contributed by atoms with Gasteiger partial charge in [0.15, 0.2) is 0 Å². The predicted octanol–water partition coefficient (Wildman–Crippen LogP) is 3.73. The molecule has 1 N–H and O–H groups in total. The molecular weight excluding hydrogens is 268 g/mol. The third-order valence-corrected chi connectivity index (χ3v) is 4.14. The van der Waals surface area contributed by atoms with Gasteiger partial charge < -0.3 is 14.6 Å². The largest absolute Gasteiger partial charge is 0.496 e. The topological polar surface area (TPSA) is 55.8 Å². The van der Waals surface area contributed by atoms with E-state index in [4.69, 9.17) is 14.6 Å². The molecule has 116 valence electrons. The average Bonchev–Trinajstić information content (AvgIpc) is 2.43. The molecule has 4 nitrogen and oxygen atoms in total. The van der Waals surface area contributed by atoms with Gasteiger partial charge in [-0.05, 0) is 49.3 Å².